The van der Waals surface area contributed by atoms with E-state index in [-0.39, 0.29) is 29.1 Å². The molecule has 0 unspecified atom stereocenters. The molecule has 1 rings (SSSR count). The first-order valence-electron chi connectivity index (χ1n) is 11.8. The number of halogens is 1. The number of carbonyl (C=O) groups is 1. The first-order chi connectivity index (χ1) is 15.7. The average molecular weight is 556 g/mol. The lowest BCUT2D eigenvalue weighted by Gasteiger charge is -2.40. The summed E-state index contributed by atoms with van der Waals surface area (Å²) in [6, 6.07) is 7.83. The fraction of sp³-hybridized carbons (Fsp3) is 0.593. The summed E-state index contributed by atoms with van der Waals surface area (Å²) in [5.41, 5.74) is 1.62. The zero-order chi connectivity index (χ0) is 26.1. The molecule has 0 aliphatic carbocycles. The Hall–Kier alpha value is -1.41. The Morgan fingerprint density at radius 1 is 1.21 bits per heavy atom. The van der Waals surface area contributed by atoms with Gasteiger partial charge >= 0.3 is 5.97 Å². The lowest BCUT2D eigenvalue weighted by Crippen LogP contribution is -2.45. The quantitative estimate of drug-likeness (QED) is 0.144. The van der Waals surface area contributed by atoms with E-state index >= 15 is 0 Å². The van der Waals surface area contributed by atoms with Gasteiger partial charge in [-0.3, -0.25) is 0 Å². The van der Waals surface area contributed by atoms with Crippen LogP contribution in [0.1, 0.15) is 53.5 Å². The van der Waals surface area contributed by atoms with E-state index < -0.39 is 8.32 Å². The third-order valence-electron chi connectivity index (χ3n) is 6.36. The summed E-state index contributed by atoms with van der Waals surface area (Å²) in [6.45, 7) is 21.7. The second kappa shape index (κ2) is 13.6. The van der Waals surface area contributed by atoms with E-state index in [2.05, 4.69) is 63.3 Å². The molecular weight excluding hydrogens is 512 g/mol. The van der Waals surface area contributed by atoms with Gasteiger partial charge in [0.15, 0.2) is 8.32 Å². The Morgan fingerprint density at radius 2 is 1.79 bits per heavy atom. The molecule has 7 heteroatoms. The van der Waals surface area contributed by atoms with Crippen LogP contribution in [0, 0.1) is 5.92 Å². The molecule has 5 nitrogen and oxygen atoms in total. The van der Waals surface area contributed by atoms with Gasteiger partial charge in [-0.2, -0.15) is 0 Å². The summed E-state index contributed by atoms with van der Waals surface area (Å²) in [4.78, 5) is 12.2. The van der Waals surface area contributed by atoms with Crippen molar-refractivity contribution in [2.75, 3.05) is 13.7 Å². The molecule has 192 valence electrons. The van der Waals surface area contributed by atoms with Gasteiger partial charge in [0, 0.05) is 22.4 Å². The number of rotatable bonds is 13. The van der Waals surface area contributed by atoms with Gasteiger partial charge < -0.3 is 18.6 Å². The van der Waals surface area contributed by atoms with Crippen LogP contribution in [0.3, 0.4) is 0 Å². The van der Waals surface area contributed by atoms with E-state index in [0.29, 0.717) is 25.2 Å². The number of hydrogen-bond acceptors (Lipinski definition) is 5. The first kappa shape index (κ1) is 30.6. The van der Waals surface area contributed by atoms with Gasteiger partial charge in [0.25, 0.3) is 0 Å². The number of esters is 1. The van der Waals surface area contributed by atoms with E-state index in [1.807, 2.05) is 30.3 Å². The van der Waals surface area contributed by atoms with Gasteiger partial charge in [-0.05, 0) is 49.7 Å². The van der Waals surface area contributed by atoms with E-state index in [0.717, 1.165) is 15.8 Å². The topological polar surface area (TPSA) is 54.0 Å². The molecule has 0 fully saturated rings. The molecule has 0 N–H and O–H groups in total. The highest BCUT2D eigenvalue weighted by atomic mass is 79.9. The van der Waals surface area contributed by atoms with Crippen molar-refractivity contribution in [2.45, 2.75) is 84.9 Å². The smallest absolute Gasteiger partial charge is 0.333 e. The van der Waals surface area contributed by atoms with Crippen molar-refractivity contribution in [1.82, 2.24) is 0 Å². The number of benzene rings is 1. The molecule has 0 aromatic heterocycles. The lowest BCUT2D eigenvalue weighted by molar-refractivity contribution is -0.138. The SMILES string of the molecule is C=C(Br)[C@H](C[C@H](OCc1ccc(OC)cc1)[C@H](C)/C=C(\C)C(=O)OCC)O[Si](C)(C)C(C)(C)C. The monoisotopic (exact) mass is 554 g/mol. The van der Waals surface area contributed by atoms with Crippen LogP contribution in [0.2, 0.25) is 18.1 Å². The maximum atomic E-state index is 12.2. The van der Waals surface area contributed by atoms with Crippen molar-refractivity contribution in [2.24, 2.45) is 5.92 Å². The second-order valence-corrected chi connectivity index (χ2v) is 16.0. The fourth-order valence-electron chi connectivity index (χ4n) is 3.16. The van der Waals surface area contributed by atoms with Crippen LogP contribution in [-0.4, -0.2) is 40.2 Å². The van der Waals surface area contributed by atoms with Crippen LogP contribution in [0.15, 0.2) is 47.0 Å². The van der Waals surface area contributed by atoms with Gasteiger partial charge in [-0.15, -0.1) is 0 Å². The summed E-state index contributed by atoms with van der Waals surface area (Å²) in [7, 11) is -0.390. The largest absolute Gasteiger partial charge is 0.497 e. The molecule has 0 saturated carbocycles. The lowest BCUT2D eigenvalue weighted by atomic mass is 9.96. The third-order valence-corrected chi connectivity index (χ3v) is 11.4. The molecule has 34 heavy (non-hydrogen) atoms. The average Bonchev–Trinajstić information content (AvgIpc) is 2.75. The summed E-state index contributed by atoms with van der Waals surface area (Å²) in [5, 5.41) is 0.0686. The van der Waals surface area contributed by atoms with Gasteiger partial charge in [0.05, 0.1) is 32.5 Å². The van der Waals surface area contributed by atoms with Gasteiger partial charge in [-0.25, -0.2) is 4.79 Å². The molecule has 0 heterocycles. The predicted octanol–water partition coefficient (Wildman–Crippen LogP) is 7.42. The first-order valence-corrected chi connectivity index (χ1v) is 15.5. The molecular formula is C27H43BrO5Si. The standard InChI is InChI=1S/C27H43BrO5Si/c1-11-31-26(29)20(3)16-19(2)24(32-18-22-12-14-23(30-8)15-13-22)17-25(21(4)28)33-34(9,10)27(5,6)7/h12-16,19,24-25H,4,11,17-18H2,1-3,5-10H3/b20-16+/t19-,24+,25+/m1/s1. The molecule has 0 aliphatic rings. The number of carbonyl (C=O) groups excluding carboxylic acids is 1. The summed E-state index contributed by atoms with van der Waals surface area (Å²) in [6.07, 6.45) is 2.13. The van der Waals surface area contributed by atoms with E-state index in [4.69, 9.17) is 18.6 Å². The molecule has 0 amide bonds. The van der Waals surface area contributed by atoms with Crippen molar-refractivity contribution in [1.29, 1.82) is 0 Å². The minimum absolute atomic E-state index is 0.0416. The van der Waals surface area contributed by atoms with Gasteiger partial charge in [-0.1, -0.05) is 68.4 Å². The normalized spacial score (nSPS) is 15.4. The van der Waals surface area contributed by atoms with Crippen LogP contribution in [0.25, 0.3) is 0 Å². The molecule has 1 aromatic rings. The Morgan fingerprint density at radius 3 is 2.26 bits per heavy atom. The maximum Gasteiger partial charge on any atom is 0.333 e. The molecule has 0 spiro atoms. The minimum Gasteiger partial charge on any atom is -0.497 e. The van der Waals surface area contributed by atoms with Gasteiger partial charge in [0.2, 0.25) is 0 Å². The van der Waals surface area contributed by atoms with Crippen molar-refractivity contribution >= 4 is 30.2 Å². The van der Waals surface area contributed by atoms with Crippen LogP contribution in [-0.2, 0) is 25.3 Å². The van der Waals surface area contributed by atoms with Crippen molar-refractivity contribution in [3.05, 3.63) is 52.5 Å². The molecule has 3 atom stereocenters. The number of hydrogen-bond donors (Lipinski definition) is 0. The van der Waals surface area contributed by atoms with Crippen molar-refractivity contribution in [3.63, 3.8) is 0 Å². The molecule has 0 saturated heterocycles. The van der Waals surface area contributed by atoms with Crippen LogP contribution in [0.5, 0.6) is 5.75 Å². The second-order valence-electron chi connectivity index (χ2n) is 10.2. The van der Waals surface area contributed by atoms with Crippen LogP contribution >= 0.6 is 15.9 Å². The highest BCUT2D eigenvalue weighted by molar-refractivity contribution is 9.11. The Kier molecular flexibility index (Phi) is 12.3. The van der Waals surface area contributed by atoms with Crippen LogP contribution < -0.4 is 4.74 Å². The molecule has 1 aromatic carbocycles. The maximum absolute atomic E-state index is 12.2. The zero-order valence-corrected chi connectivity index (χ0v) is 25.0. The van der Waals surface area contributed by atoms with E-state index in [1.54, 1.807) is 21.0 Å². The van der Waals surface area contributed by atoms with Gasteiger partial charge in [0.1, 0.15) is 5.75 Å². The number of methoxy groups -OCH3 is 1. The highest BCUT2D eigenvalue weighted by Crippen LogP contribution is 2.39. The van der Waals surface area contributed by atoms with Crippen molar-refractivity contribution in [3.8, 4) is 5.75 Å². The summed E-state index contributed by atoms with van der Waals surface area (Å²) in [5.74, 6) is 0.460. The van der Waals surface area contributed by atoms with Crippen LogP contribution in [0.4, 0.5) is 0 Å². The summed E-state index contributed by atoms with van der Waals surface area (Å²) < 4.78 is 24.3. The fourth-order valence-corrected chi connectivity index (χ4v) is 4.91. The molecule has 0 radical (unpaired) electrons. The molecule has 0 bridgehead atoms. The Bertz CT molecular complexity index is 826. The highest BCUT2D eigenvalue weighted by Gasteiger charge is 2.40. The Labute approximate surface area is 216 Å². The number of ether oxygens (including phenoxy) is 3. The van der Waals surface area contributed by atoms with Crippen molar-refractivity contribution < 1.29 is 23.4 Å². The Balaban J connectivity index is 3.15. The van der Waals surface area contributed by atoms with E-state index in [1.165, 1.54) is 0 Å². The molecule has 0 aliphatic heterocycles. The predicted molar refractivity (Wildman–Crippen MR) is 146 cm³/mol. The summed E-state index contributed by atoms with van der Waals surface area (Å²) >= 11 is 3.59. The third kappa shape index (κ3) is 9.68. The van der Waals surface area contributed by atoms with E-state index in [9.17, 15) is 4.79 Å². The minimum atomic E-state index is -2.04. The zero-order valence-electron chi connectivity index (χ0n) is 22.4.